The maximum Gasteiger partial charge on any atom is 0.237 e. The van der Waals surface area contributed by atoms with Crippen molar-refractivity contribution in [2.45, 2.75) is 18.6 Å². The van der Waals surface area contributed by atoms with Gasteiger partial charge in [0.05, 0.1) is 25.4 Å². The molecule has 2 fully saturated rings. The Morgan fingerprint density at radius 3 is 2.88 bits per heavy atom. The fourth-order valence-corrected chi connectivity index (χ4v) is 2.20. The number of nitrogens with one attached hydrogen (secondary N) is 2. The predicted octanol–water partition coefficient (Wildman–Crippen LogP) is -1.84. The van der Waals surface area contributed by atoms with E-state index in [4.69, 9.17) is 4.74 Å². The third-order valence-electron chi connectivity index (χ3n) is 3.26. The van der Waals surface area contributed by atoms with Gasteiger partial charge in [0.15, 0.2) is 0 Å². The van der Waals surface area contributed by atoms with Crippen LogP contribution in [0.3, 0.4) is 0 Å². The number of aliphatic hydroxyl groups is 1. The first kappa shape index (κ1) is 12.8. The zero-order chi connectivity index (χ0) is 12.1. The third kappa shape index (κ3) is 3.92. The van der Waals surface area contributed by atoms with Crippen molar-refractivity contribution in [2.24, 2.45) is 0 Å². The van der Waals surface area contributed by atoms with Crippen LogP contribution in [0, 0.1) is 0 Å². The fraction of sp³-hybridized carbons (Fsp3) is 0.909. The zero-order valence-corrected chi connectivity index (χ0v) is 10.0. The monoisotopic (exact) mass is 243 g/mol. The molecule has 0 radical (unpaired) electrons. The quantitative estimate of drug-likeness (QED) is 0.541. The van der Waals surface area contributed by atoms with Crippen LogP contribution in [-0.4, -0.2) is 74.0 Å². The molecule has 0 aromatic heterocycles. The highest BCUT2D eigenvalue weighted by atomic mass is 16.5. The minimum atomic E-state index is -0.384. The normalized spacial score (nSPS) is 30.4. The Labute approximate surface area is 101 Å². The van der Waals surface area contributed by atoms with E-state index in [1.165, 1.54) is 0 Å². The van der Waals surface area contributed by atoms with Gasteiger partial charge in [-0.2, -0.15) is 0 Å². The smallest absolute Gasteiger partial charge is 0.237 e. The number of carbonyl (C=O) groups excluding carboxylic acids is 1. The molecule has 2 atom stereocenters. The highest BCUT2D eigenvalue weighted by Crippen LogP contribution is 2.05. The number of amides is 1. The summed E-state index contributed by atoms with van der Waals surface area (Å²) in [5.41, 5.74) is 0. The number of β-amino-alcohol motifs (C(OH)–C–C–N with tert-alkyl or cyclic N) is 1. The minimum absolute atomic E-state index is 0.00481. The van der Waals surface area contributed by atoms with Crippen LogP contribution < -0.4 is 10.6 Å². The summed E-state index contributed by atoms with van der Waals surface area (Å²) in [5, 5.41) is 15.2. The van der Waals surface area contributed by atoms with Crippen LogP contribution in [0.2, 0.25) is 0 Å². The zero-order valence-electron chi connectivity index (χ0n) is 10.0. The maximum absolute atomic E-state index is 11.7. The van der Waals surface area contributed by atoms with Crippen molar-refractivity contribution in [3.63, 3.8) is 0 Å². The number of rotatable bonds is 4. The Bertz CT molecular complexity index is 256. The standard InChI is InChI=1S/C11H21N3O3/c15-9-7-10(13-8-9)11(16)12-1-2-14-3-5-17-6-4-14/h9-10,13,15H,1-8H2,(H,12,16). The van der Waals surface area contributed by atoms with E-state index in [0.29, 0.717) is 19.5 Å². The van der Waals surface area contributed by atoms with E-state index in [1.54, 1.807) is 0 Å². The molecule has 0 aliphatic carbocycles. The Morgan fingerprint density at radius 1 is 1.47 bits per heavy atom. The number of morpholine rings is 1. The summed E-state index contributed by atoms with van der Waals surface area (Å²) >= 11 is 0. The van der Waals surface area contributed by atoms with E-state index in [9.17, 15) is 9.90 Å². The van der Waals surface area contributed by atoms with Gasteiger partial charge in [0, 0.05) is 32.7 Å². The lowest BCUT2D eigenvalue weighted by Crippen LogP contribution is -2.45. The number of nitrogens with zero attached hydrogens (tertiary/aromatic N) is 1. The summed E-state index contributed by atoms with van der Waals surface area (Å²) in [4.78, 5) is 14.0. The summed E-state index contributed by atoms with van der Waals surface area (Å²) in [5.74, 6) is -0.00481. The summed E-state index contributed by atoms with van der Waals surface area (Å²) in [6, 6.07) is -0.227. The van der Waals surface area contributed by atoms with Gasteiger partial charge < -0.3 is 20.5 Å². The second-order valence-electron chi connectivity index (χ2n) is 4.60. The molecule has 0 saturated carbocycles. The molecule has 2 rings (SSSR count). The van der Waals surface area contributed by atoms with Crippen LogP contribution in [0.4, 0.5) is 0 Å². The SMILES string of the molecule is O=C(NCCN1CCOCC1)C1CC(O)CN1. The molecule has 1 amide bonds. The number of hydrogen-bond donors (Lipinski definition) is 3. The molecular weight excluding hydrogens is 222 g/mol. The van der Waals surface area contributed by atoms with Crippen molar-refractivity contribution in [2.75, 3.05) is 45.9 Å². The van der Waals surface area contributed by atoms with Gasteiger partial charge in [-0.1, -0.05) is 0 Å². The first-order valence-electron chi connectivity index (χ1n) is 6.25. The van der Waals surface area contributed by atoms with E-state index in [1.807, 2.05) is 0 Å². The van der Waals surface area contributed by atoms with Crippen LogP contribution >= 0.6 is 0 Å². The van der Waals surface area contributed by atoms with Crippen molar-refractivity contribution in [1.82, 2.24) is 15.5 Å². The van der Waals surface area contributed by atoms with E-state index in [-0.39, 0.29) is 18.1 Å². The van der Waals surface area contributed by atoms with Gasteiger partial charge in [0.2, 0.25) is 5.91 Å². The van der Waals surface area contributed by atoms with Gasteiger partial charge in [-0.3, -0.25) is 9.69 Å². The van der Waals surface area contributed by atoms with Gasteiger partial charge in [0.25, 0.3) is 0 Å². The van der Waals surface area contributed by atoms with Crippen LogP contribution in [-0.2, 0) is 9.53 Å². The number of carbonyl (C=O) groups is 1. The van der Waals surface area contributed by atoms with Crippen molar-refractivity contribution in [3.8, 4) is 0 Å². The van der Waals surface area contributed by atoms with E-state index < -0.39 is 0 Å². The molecule has 2 aliphatic heterocycles. The number of hydrogen-bond acceptors (Lipinski definition) is 5. The molecule has 17 heavy (non-hydrogen) atoms. The molecule has 0 spiro atoms. The molecule has 3 N–H and O–H groups in total. The number of ether oxygens (including phenoxy) is 1. The Kier molecular flexibility index (Phi) is 4.73. The second-order valence-corrected chi connectivity index (χ2v) is 4.60. The largest absolute Gasteiger partial charge is 0.392 e. The van der Waals surface area contributed by atoms with Crippen LogP contribution in [0.25, 0.3) is 0 Å². The van der Waals surface area contributed by atoms with Crippen molar-refractivity contribution >= 4 is 5.91 Å². The third-order valence-corrected chi connectivity index (χ3v) is 3.26. The molecule has 6 nitrogen and oxygen atoms in total. The molecular formula is C11H21N3O3. The highest BCUT2D eigenvalue weighted by molar-refractivity contribution is 5.82. The molecule has 0 aromatic rings. The molecule has 98 valence electrons. The van der Waals surface area contributed by atoms with Gasteiger partial charge >= 0.3 is 0 Å². The minimum Gasteiger partial charge on any atom is -0.392 e. The average molecular weight is 243 g/mol. The molecule has 6 heteroatoms. The van der Waals surface area contributed by atoms with Gasteiger partial charge in [-0.15, -0.1) is 0 Å². The van der Waals surface area contributed by atoms with Gasteiger partial charge in [-0.25, -0.2) is 0 Å². The molecule has 2 heterocycles. The van der Waals surface area contributed by atoms with Crippen molar-refractivity contribution in [3.05, 3.63) is 0 Å². The molecule has 0 aromatic carbocycles. The van der Waals surface area contributed by atoms with Crippen LogP contribution in [0.5, 0.6) is 0 Å². The summed E-state index contributed by atoms with van der Waals surface area (Å²) in [6.45, 7) is 5.49. The predicted molar refractivity (Wildman–Crippen MR) is 62.7 cm³/mol. The highest BCUT2D eigenvalue weighted by Gasteiger charge is 2.27. The molecule has 0 bridgehead atoms. The number of aliphatic hydroxyl groups excluding tert-OH is 1. The van der Waals surface area contributed by atoms with Gasteiger partial charge in [0.1, 0.15) is 0 Å². The second kappa shape index (κ2) is 6.30. The Morgan fingerprint density at radius 2 is 2.24 bits per heavy atom. The van der Waals surface area contributed by atoms with Crippen LogP contribution in [0.15, 0.2) is 0 Å². The summed E-state index contributed by atoms with van der Waals surface area (Å²) in [7, 11) is 0. The molecule has 2 unspecified atom stereocenters. The lowest BCUT2D eigenvalue weighted by molar-refractivity contribution is -0.123. The van der Waals surface area contributed by atoms with Crippen molar-refractivity contribution < 1.29 is 14.6 Å². The fourth-order valence-electron chi connectivity index (χ4n) is 2.20. The lowest BCUT2D eigenvalue weighted by atomic mass is 10.2. The van der Waals surface area contributed by atoms with Gasteiger partial charge in [-0.05, 0) is 6.42 Å². The molecule has 2 aliphatic rings. The Hall–Kier alpha value is -0.690. The summed E-state index contributed by atoms with van der Waals surface area (Å²) in [6.07, 6.45) is 0.133. The van der Waals surface area contributed by atoms with Crippen molar-refractivity contribution in [1.29, 1.82) is 0 Å². The van der Waals surface area contributed by atoms with E-state index in [2.05, 4.69) is 15.5 Å². The Balaban J connectivity index is 1.59. The molecule has 2 saturated heterocycles. The summed E-state index contributed by atoms with van der Waals surface area (Å²) < 4.78 is 5.25. The average Bonchev–Trinajstić information content (AvgIpc) is 2.77. The van der Waals surface area contributed by atoms with E-state index >= 15 is 0 Å². The lowest BCUT2D eigenvalue weighted by Gasteiger charge is -2.26. The first-order chi connectivity index (χ1) is 8.25. The van der Waals surface area contributed by atoms with Crippen LogP contribution in [0.1, 0.15) is 6.42 Å². The van der Waals surface area contributed by atoms with E-state index in [0.717, 1.165) is 32.8 Å². The maximum atomic E-state index is 11.7. The first-order valence-corrected chi connectivity index (χ1v) is 6.25. The topological polar surface area (TPSA) is 73.8 Å².